The maximum atomic E-state index is 13.6. The second-order valence-electron chi connectivity index (χ2n) is 4.39. The SMILES string of the molecule is C\C(F)=C(CCCCCNC(=O)CBr)/C(F)=C(F)\C(F)=C\F. The fraction of sp³-hybridized carbons (Fsp3) is 0.500. The fourth-order valence-electron chi connectivity index (χ4n) is 1.60. The lowest BCUT2D eigenvalue weighted by molar-refractivity contribution is -0.118. The van der Waals surface area contributed by atoms with Crippen LogP contribution in [0.25, 0.3) is 0 Å². The van der Waals surface area contributed by atoms with E-state index in [0.29, 0.717) is 25.8 Å². The van der Waals surface area contributed by atoms with Gasteiger partial charge in [-0.3, -0.25) is 4.79 Å². The van der Waals surface area contributed by atoms with Crippen molar-refractivity contribution >= 4 is 21.8 Å². The van der Waals surface area contributed by atoms with E-state index in [9.17, 15) is 26.7 Å². The maximum absolute atomic E-state index is 13.6. The number of amides is 1. The van der Waals surface area contributed by atoms with Crippen LogP contribution in [-0.2, 0) is 4.79 Å². The van der Waals surface area contributed by atoms with Gasteiger partial charge < -0.3 is 5.32 Å². The molecule has 0 rings (SSSR count). The van der Waals surface area contributed by atoms with E-state index >= 15 is 0 Å². The number of halogens is 6. The smallest absolute Gasteiger partial charge is 0.230 e. The summed E-state index contributed by atoms with van der Waals surface area (Å²) < 4.78 is 64.4. The average Bonchev–Trinajstić information content (AvgIpc) is 2.51. The molecule has 0 aromatic rings. The van der Waals surface area contributed by atoms with Crippen LogP contribution in [0, 0.1) is 0 Å². The molecule has 8 heteroatoms. The highest BCUT2D eigenvalue weighted by Gasteiger charge is 2.18. The van der Waals surface area contributed by atoms with E-state index in [1.807, 2.05) is 0 Å². The van der Waals surface area contributed by atoms with Crippen molar-refractivity contribution in [2.75, 3.05) is 11.9 Å². The van der Waals surface area contributed by atoms with Crippen molar-refractivity contribution in [1.82, 2.24) is 5.32 Å². The van der Waals surface area contributed by atoms with Crippen LogP contribution >= 0.6 is 15.9 Å². The van der Waals surface area contributed by atoms with Gasteiger partial charge in [0.25, 0.3) is 0 Å². The van der Waals surface area contributed by atoms with Crippen molar-refractivity contribution in [3.05, 3.63) is 35.2 Å². The van der Waals surface area contributed by atoms with E-state index in [1.165, 1.54) is 0 Å². The summed E-state index contributed by atoms with van der Waals surface area (Å²) in [6.45, 7) is 1.32. The van der Waals surface area contributed by atoms with Crippen molar-refractivity contribution in [2.24, 2.45) is 0 Å². The topological polar surface area (TPSA) is 29.1 Å². The molecule has 0 aliphatic carbocycles. The van der Waals surface area contributed by atoms with Crippen LogP contribution in [0.3, 0.4) is 0 Å². The van der Waals surface area contributed by atoms with Gasteiger partial charge in [0.05, 0.1) is 5.33 Å². The van der Waals surface area contributed by atoms with Gasteiger partial charge >= 0.3 is 0 Å². The van der Waals surface area contributed by atoms with E-state index in [0.717, 1.165) is 6.92 Å². The lowest BCUT2D eigenvalue weighted by atomic mass is 10.0. The highest BCUT2D eigenvalue weighted by molar-refractivity contribution is 9.09. The number of carbonyl (C=O) groups excluding carboxylic acids is 1. The minimum absolute atomic E-state index is 0.159. The molecule has 0 unspecified atom stereocenters. The second kappa shape index (κ2) is 11.4. The number of carbonyl (C=O) groups is 1. The lowest BCUT2D eigenvalue weighted by Gasteiger charge is -2.07. The van der Waals surface area contributed by atoms with E-state index in [2.05, 4.69) is 21.2 Å². The highest BCUT2D eigenvalue weighted by atomic mass is 79.9. The summed E-state index contributed by atoms with van der Waals surface area (Å²) in [5.41, 5.74) is -0.626. The number of allylic oxidation sites excluding steroid dienone is 5. The summed E-state index contributed by atoms with van der Waals surface area (Å²) in [5.74, 6) is -6.98. The van der Waals surface area contributed by atoms with Gasteiger partial charge in [-0.05, 0) is 26.2 Å². The van der Waals surface area contributed by atoms with Gasteiger partial charge in [-0.15, -0.1) is 0 Å². The monoisotopic (exact) mass is 389 g/mol. The second-order valence-corrected chi connectivity index (χ2v) is 4.95. The predicted molar refractivity (Wildman–Crippen MR) is 78.6 cm³/mol. The maximum Gasteiger partial charge on any atom is 0.230 e. The summed E-state index contributed by atoms with van der Waals surface area (Å²) in [6.07, 6.45) is 0.516. The number of rotatable bonds is 9. The Morgan fingerprint density at radius 2 is 1.73 bits per heavy atom. The van der Waals surface area contributed by atoms with Crippen LogP contribution in [0.1, 0.15) is 32.6 Å². The zero-order valence-corrected chi connectivity index (χ0v) is 13.6. The molecule has 0 aliphatic heterocycles. The van der Waals surface area contributed by atoms with Gasteiger partial charge in [0.1, 0.15) is 12.2 Å². The Morgan fingerprint density at radius 1 is 1.09 bits per heavy atom. The van der Waals surface area contributed by atoms with E-state index < -0.39 is 35.2 Å². The molecule has 2 nitrogen and oxygen atoms in total. The summed E-state index contributed by atoms with van der Waals surface area (Å²) in [7, 11) is 0. The zero-order chi connectivity index (χ0) is 17.1. The molecule has 0 aromatic carbocycles. The Bertz CT molecular complexity index is 470. The fourth-order valence-corrected chi connectivity index (χ4v) is 1.80. The number of hydrogen-bond donors (Lipinski definition) is 1. The average molecular weight is 390 g/mol. The van der Waals surface area contributed by atoms with Crippen molar-refractivity contribution in [2.45, 2.75) is 32.6 Å². The largest absolute Gasteiger partial charge is 0.355 e. The van der Waals surface area contributed by atoms with Gasteiger partial charge in [0.2, 0.25) is 5.91 Å². The Balaban J connectivity index is 4.47. The van der Waals surface area contributed by atoms with Gasteiger partial charge in [-0.2, -0.15) is 0 Å². The van der Waals surface area contributed by atoms with Gasteiger partial charge in [0.15, 0.2) is 17.5 Å². The Morgan fingerprint density at radius 3 is 2.23 bits per heavy atom. The van der Waals surface area contributed by atoms with Crippen molar-refractivity contribution < 1.29 is 26.7 Å². The number of hydrogen-bond acceptors (Lipinski definition) is 1. The zero-order valence-electron chi connectivity index (χ0n) is 12.0. The lowest BCUT2D eigenvalue weighted by Crippen LogP contribution is -2.25. The third-order valence-corrected chi connectivity index (χ3v) is 3.24. The molecule has 0 aromatic heterocycles. The first-order chi connectivity index (χ1) is 10.3. The number of nitrogens with one attached hydrogen (secondary N) is 1. The van der Waals surface area contributed by atoms with Crippen LogP contribution in [0.5, 0.6) is 0 Å². The molecule has 1 amide bonds. The molecular weight excluding hydrogens is 373 g/mol. The summed E-state index contributed by atoms with van der Waals surface area (Å²) in [6, 6.07) is 0. The standard InChI is InChI=1S/C14H17BrF5NO/c1-9(17)10(13(19)14(20)11(18)8-16)5-3-2-4-6-21-12(22)7-15/h8H,2-7H2,1H3,(H,21,22)/b10-9+,11-8-,14-13-. The third-order valence-electron chi connectivity index (χ3n) is 2.73. The van der Waals surface area contributed by atoms with Crippen molar-refractivity contribution in [3.8, 4) is 0 Å². The van der Waals surface area contributed by atoms with Crippen LogP contribution in [0.15, 0.2) is 35.2 Å². The minimum Gasteiger partial charge on any atom is -0.355 e. The first-order valence-electron chi connectivity index (χ1n) is 6.54. The predicted octanol–water partition coefficient (Wildman–Crippen LogP) is 5.23. The van der Waals surface area contributed by atoms with Crippen LogP contribution in [0.4, 0.5) is 22.0 Å². The van der Waals surface area contributed by atoms with E-state index in [1.54, 1.807) is 0 Å². The van der Waals surface area contributed by atoms with Crippen LogP contribution < -0.4 is 5.32 Å². The molecule has 0 radical (unpaired) electrons. The Hall–Kier alpha value is -1.18. The number of alkyl halides is 1. The molecule has 0 fully saturated rings. The Kier molecular flexibility index (Phi) is 10.8. The van der Waals surface area contributed by atoms with Crippen molar-refractivity contribution in [3.63, 3.8) is 0 Å². The van der Waals surface area contributed by atoms with Gasteiger partial charge in [-0.25, -0.2) is 22.0 Å². The molecule has 0 aliphatic rings. The first kappa shape index (κ1) is 20.8. The van der Waals surface area contributed by atoms with E-state index in [4.69, 9.17) is 0 Å². The Labute approximate surface area is 134 Å². The van der Waals surface area contributed by atoms with Crippen LogP contribution in [-0.4, -0.2) is 17.8 Å². The molecule has 126 valence electrons. The van der Waals surface area contributed by atoms with Gasteiger partial charge in [-0.1, -0.05) is 22.4 Å². The van der Waals surface area contributed by atoms with Crippen molar-refractivity contribution in [1.29, 1.82) is 0 Å². The summed E-state index contributed by atoms with van der Waals surface area (Å²) in [5, 5.41) is 2.78. The molecule has 0 heterocycles. The minimum atomic E-state index is -2.06. The molecule has 22 heavy (non-hydrogen) atoms. The molecule has 0 spiro atoms. The molecule has 0 saturated heterocycles. The third kappa shape index (κ3) is 7.72. The molecule has 0 saturated carbocycles. The summed E-state index contributed by atoms with van der Waals surface area (Å²) in [4.78, 5) is 10.9. The number of unbranched alkanes of at least 4 members (excludes halogenated alkanes) is 2. The molecule has 0 atom stereocenters. The van der Waals surface area contributed by atoms with E-state index in [-0.39, 0.29) is 17.7 Å². The molecule has 0 bridgehead atoms. The molecular formula is C14H17BrF5NO. The quantitative estimate of drug-likeness (QED) is 0.248. The summed E-state index contributed by atoms with van der Waals surface area (Å²) >= 11 is 2.98. The van der Waals surface area contributed by atoms with Crippen LogP contribution in [0.2, 0.25) is 0 Å². The first-order valence-corrected chi connectivity index (χ1v) is 7.67. The van der Waals surface area contributed by atoms with Gasteiger partial charge in [0, 0.05) is 12.1 Å². The highest BCUT2D eigenvalue weighted by Crippen LogP contribution is 2.30. The normalized spacial score (nSPS) is 14.4. The molecule has 1 N–H and O–H groups in total.